The average molecular weight is 465 g/mol. The molecule has 3 aromatic rings. The second kappa shape index (κ2) is 9.57. The summed E-state index contributed by atoms with van der Waals surface area (Å²) >= 11 is 9.49. The van der Waals surface area contributed by atoms with Crippen molar-refractivity contribution in [2.45, 2.75) is 19.7 Å². The maximum Gasteiger partial charge on any atom is 0.243 e. The molecule has 0 spiro atoms. The summed E-state index contributed by atoms with van der Waals surface area (Å²) in [7, 11) is 1.61. The van der Waals surface area contributed by atoms with Crippen LogP contribution in [0.5, 0.6) is 11.5 Å². The molecule has 0 bridgehead atoms. The maximum atomic E-state index is 5.96. The molecule has 146 valence electrons. The number of hydrogen-bond donors (Lipinski definition) is 1. The molecule has 1 heterocycles. The lowest BCUT2D eigenvalue weighted by Gasteiger charge is -2.15. The van der Waals surface area contributed by atoms with Gasteiger partial charge in [-0.1, -0.05) is 34.9 Å². The van der Waals surface area contributed by atoms with E-state index in [-0.39, 0.29) is 0 Å². The number of rotatable bonds is 9. The van der Waals surface area contributed by atoms with Crippen molar-refractivity contribution in [1.82, 2.24) is 20.2 Å². The van der Waals surface area contributed by atoms with Gasteiger partial charge in [0.1, 0.15) is 6.61 Å². The van der Waals surface area contributed by atoms with Gasteiger partial charge in [0.05, 0.1) is 18.1 Å². The van der Waals surface area contributed by atoms with Gasteiger partial charge in [0, 0.05) is 11.6 Å². The van der Waals surface area contributed by atoms with Crippen LogP contribution in [0.1, 0.15) is 11.1 Å². The number of allylic oxidation sites excluding steroid dienone is 1. The molecule has 1 aromatic heterocycles. The predicted octanol–water partition coefficient (Wildman–Crippen LogP) is 4.47. The van der Waals surface area contributed by atoms with Gasteiger partial charge < -0.3 is 14.8 Å². The number of ether oxygens (including phenoxy) is 2. The molecule has 1 N–H and O–H groups in total. The molecule has 7 nitrogen and oxygen atoms in total. The first-order valence-electron chi connectivity index (χ1n) is 8.45. The number of tetrazole rings is 1. The Kier molecular flexibility index (Phi) is 6.89. The molecule has 0 unspecified atom stereocenters. The summed E-state index contributed by atoms with van der Waals surface area (Å²) < 4.78 is 13.9. The lowest BCUT2D eigenvalue weighted by Crippen LogP contribution is -2.08. The highest BCUT2D eigenvalue weighted by molar-refractivity contribution is 9.10. The monoisotopic (exact) mass is 463 g/mol. The number of anilines is 1. The van der Waals surface area contributed by atoms with Crippen LogP contribution in [0.4, 0.5) is 5.95 Å². The highest BCUT2D eigenvalue weighted by Crippen LogP contribution is 2.37. The Balaban J connectivity index is 1.70. The fourth-order valence-electron chi connectivity index (χ4n) is 2.51. The number of aromatic nitrogens is 4. The first-order valence-corrected chi connectivity index (χ1v) is 9.62. The van der Waals surface area contributed by atoms with E-state index in [2.05, 4.69) is 43.4 Å². The summed E-state index contributed by atoms with van der Waals surface area (Å²) in [4.78, 5) is 0. The van der Waals surface area contributed by atoms with E-state index in [9.17, 15) is 0 Å². The molecule has 0 amide bonds. The van der Waals surface area contributed by atoms with Gasteiger partial charge in [0.2, 0.25) is 5.95 Å². The number of nitrogens with zero attached hydrogens (tertiary/aromatic N) is 4. The van der Waals surface area contributed by atoms with E-state index in [0.717, 1.165) is 15.6 Å². The molecule has 0 radical (unpaired) electrons. The van der Waals surface area contributed by atoms with E-state index >= 15 is 0 Å². The predicted molar refractivity (Wildman–Crippen MR) is 112 cm³/mol. The van der Waals surface area contributed by atoms with Crippen molar-refractivity contribution in [3.05, 3.63) is 69.7 Å². The van der Waals surface area contributed by atoms with E-state index in [1.165, 1.54) is 0 Å². The van der Waals surface area contributed by atoms with E-state index in [4.69, 9.17) is 21.1 Å². The Morgan fingerprint density at radius 1 is 1.25 bits per heavy atom. The SMILES string of the molecule is C=CCn1nnnc1NCc1cc(Br)c(OCc2ccc(Cl)cc2)c(OC)c1. The number of methoxy groups -OCH3 is 1. The van der Waals surface area contributed by atoms with Crippen LogP contribution in [0.3, 0.4) is 0 Å². The van der Waals surface area contributed by atoms with E-state index in [0.29, 0.717) is 42.2 Å². The van der Waals surface area contributed by atoms with Crippen molar-refractivity contribution >= 4 is 33.5 Å². The zero-order chi connectivity index (χ0) is 19.9. The molecular formula is C19H19BrClN5O2. The highest BCUT2D eigenvalue weighted by atomic mass is 79.9. The molecule has 28 heavy (non-hydrogen) atoms. The Morgan fingerprint density at radius 2 is 2.04 bits per heavy atom. The summed E-state index contributed by atoms with van der Waals surface area (Å²) in [5, 5.41) is 15.4. The average Bonchev–Trinajstić information content (AvgIpc) is 3.14. The second-order valence-corrected chi connectivity index (χ2v) is 7.14. The third-order valence-electron chi connectivity index (χ3n) is 3.87. The third-order valence-corrected chi connectivity index (χ3v) is 4.71. The summed E-state index contributed by atoms with van der Waals surface area (Å²) in [5.41, 5.74) is 1.99. The van der Waals surface area contributed by atoms with Crippen LogP contribution in [0.2, 0.25) is 5.02 Å². The van der Waals surface area contributed by atoms with Crippen LogP contribution in [-0.2, 0) is 19.7 Å². The molecule has 9 heteroatoms. The minimum absolute atomic E-state index is 0.403. The van der Waals surface area contributed by atoms with Crippen LogP contribution < -0.4 is 14.8 Å². The second-order valence-electron chi connectivity index (χ2n) is 5.85. The molecular weight excluding hydrogens is 446 g/mol. The number of nitrogens with one attached hydrogen (secondary N) is 1. The normalized spacial score (nSPS) is 10.5. The van der Waals surface area contributed by atoms with Gasteiger partial charge in [-0.25, -0.2) is 4.68 Å². The minimum atomic E-state index is 0.403. The van der Waals surface area contributed by atoms with Crippen LogP contribution in [-0.4, -0.2) is 27.3 Å². The summed E-state index contributed by atoms with van der Waals surface area (Å²) in [6.45, 7) is 5.14. The number of hydrogen-bond acceptors (Lipinski definition) is 6. The smallest absolute Gasteiger partial charge is 0.243 e. The molecule has 0 fully saturated rings. The van der Waals surface area contributed by atoms with Crippen LogP contribution in [0.25, 0.3) is 0 Å². The fraction of sp³-hybridized carbons (Fsp3) is 0.211. The Hall–Kier alpha value is -2.58. The first-order chi connectivity index (χ1) is 13.6. The van der Waals surface area contributed by atoms with Crippen LogP contribution in [0.15, 0.2) is 53.5 Å². The molecule has 2 aromatic carbocycles. The maximum absolute atomic E-state index is 5.96. The van der Waals surface area contributed by atoms with Crippen LogP contribution in [0, 0.1) is 0 Å². The topological polar surface area (TPSA) is 74.1 Å². The van der Waals surface area contributed by atoms with Crippen molar-refractivity contribution in [2.24, 2.45) is 0 Å². The van der Waals surface area contributed by atoms with E-state index in [1.807, 2.05) is 36.4 Å². The van der Waals surface area contributed by atoms with Gasteiger partial charge in [-0.15, -0.1) is 6.58 Å². The third kappa shape index (κ3) is 5.02. The van der Waals surface area contributed by atoms with Gasteiger partial charge in [0.15, 0.2) is 11.5 Å². The van der Waals surface area contributed by atoms with Gasteiger partial charge in [-0.05, 0) is 61.7 Å². The van der Waals surface area contributed by atoms with Crippen molar-refractivity contribution in [3.8, 4) is 11.5 Å². The van der Waals surface area contributed by atoms with Gasteiger partial charge in [-0.2, -0.15) is 0 Å². The van der Waals surface area contributed by atoms with Gasteiger partial charge in [0.25, 0.3) is 0 Å². The molecule has 0 aliphatic rings. The standard InChI is InChI=1S/C19H19BrClN5O2/c1-3-8-26-19(23-24-25-26)22-11-14-9-16(20)18(17(10-14)27-2)28-12-13-4-6-15(21)7-5-13/h3-7,9-10H,1,8,11-12H2,2H3,(H,22,23,25). The number of halogens is 2. The fourth-order valence-corrected chi connectivity index (χ4v) is 3.24. The lowest BCUT2D eigenvalue weighted by atomic mass is 10.2. The van der Waals surface area contributed by atoms with Gasteiger partial charge >= 0.3 is 0 Å². The molecule has 3 rings (SSSR count). The highest BCUT2D eigenvalue weighted by Gasteiger charge is 2.13. The molecule has 0 aliphatic carbocycles. The number of benzene rings is 2. The molecule has 0 saturated heterocycles. The first kappa shape index (κ1) is 20.2. The summed E-state index contributed by atoms with van der Waals surface area (Å²) in [5.74, 6) is 1.83. The zero-order valence-electron chi connectivity index (χ0n) is 15.2. The van der Waals surface area contributed by atoms with Crippen molar-refractivity contribution in [1.29, 1.82) is 0 Å². The van der Waals surface area contributed by atoms with Gasteiger partial charge in [-0.3, -0.25) is 0 Å². The lowest BCUT2D eigenvalue weighted by molar-refractivity contribution is 0.282. The Bertz CT molecular complexity index is 946. The van der Waals surface area contributed by atoms with E-state index in [1.54, 1.807) is 17.9 Å². The quantitative estimate of drug-likeness (QED) is 0.471. The van der Waals surface area contributed by atoms with Crippen LogP contribution >= 0.6 is 27.5 Å². The van der Waals surface area contributed by atoms with Crippen molar-refractivity contribution in [2.75, 3.05) is 12.4 Å². The van der Waals surface area contributed by atoms with Crippen molar-refractivity contribution < 1.29 is 9.47 Å². The molecule has 0 aliphatic heterocycles. The Labute approximate surface area is 176 Å². The minimum Gasteiger partial charge on any atom is -0.493 e. The molecule has 0 saturated carbocycles. The van der Waals surface area contributed by atoms with E-state index < -0.39 is 0 Å². The van der Waals surface area contributed by atoms with Crippen molar-refractivity contribution in [3.63, 3.8) is 0 Å². The largest absolute Gasteiger partial charge is 0.493 e. The molecule has 0 atom stereocenters. The summed E-state index contributed by atoms with van der Waals surface area (Å²) in [6.07, 6.45) is 1.73. The Morgan fingerprint density at radius 3 is 2.75 bits per heavy atom. The summed E-state index contributed by atoms with van der Waals surface area (Å²) in [6, 6.07) is 11.4. The zero-order valence-corrected chi connectivity index (χ0v) is 17.6.